The van der Waals surface area contributed by atoms with Crippen LogP contribution in [0.15, 0.2) is 30.3 Å². The number of benzene rings is 2. The number of carbonyl (C=O) groups excluding carboxylic acids is 2. The molecule has 11 nitrogen and oxygen atoms in total. The van der Waals surface area contributed by atoms with Gasteiger partial charge >= 0.3 is 0 Å². The van der Waals surface area contributed by atoms with Crippen molar-refractivity contribution in [3.8, 4) is 23.0 Å². The molecule has 0 radical (unpaired) electrons. The van der Waals surface area contributed by atoms with Gasteiger partial charge < -0.3 is 28.7 Å². The number of methoxy groups -OCH3 is 4. The quantitative estimate of drug-likeness (QED) is 0.480. The molecule has 1 fully saturated rings. The van der Waals surface area contributed by atoms with Gasteiger partial charge in [-0.3, -0.25) is 13.8 Å². The third kappa shape index (κ3) is 4.78. The molecule has 12 heteroatoms. The van der Waals surface area contributed by atoms with Gasteiger partial charge in [-0.1, -0.05) is 6.07 Å². The Bertz CT molecular complexity index is 1290. The lowest BCUT2D eigenvalue weighted by atomic mass is 10.1. The highest BCUT2D eigenvalue weighted by molar-refractivity contribution is 7.86. The van der Waals surface area contributed by atoms with Gasteiger partial charge in [0.1, 0.15) is 6.04 Å². The van der Waals surface area contributed by atoms with Crippen molar-refractivity contribution < 1.29 is 41.1 Å². The highest BCUT2D eigenvalue weighted by atomic mass is 32.2. The Morgan fingerprint density at radius 2 is 1.50 bits per heavy atom. The predicted octanol–water partition coefficient (Wildman–Crippen LogP) is 1.83. The molecule has 2 atom stereocenters. The summed E-state index contributed by atoms with van der Waals surface area (Å²) in [6.07, 6.45) is 0.153. The van der Waals surface area contributed by atoms with Crippen LogP contribution >= 0.6 is 0 Å². The maximum absolute atomic E-state index is 13.9. The van der Waals surface area contributed by atoms with Crippen LogP contribution in [0.1, 0.15) is 22.3 Å². The summed E-state index contributed by atoms with van der Waals surface area (Å²) in [5.74, 6) is 0.903. The Hall–Kier alpha value is -3.51. The standard InChI is InChI=1S/C24H28N2O9S/c1-31-19-7-6-14(8-20(19)32-2)12-25-17-11-22(34-4)21(33-3)10-16(17)23(27)26-13-15(35-36(5,29)30)9-18(26)24(25)28/h6-8,10-11,15,18H,9,12-13H2,1-5H3/t15-,18+/m1/s1. The minimum atomic E-state index is -3.78. The Labute approximate surface area is 209 Å². The van der Waals surface area contributed by atoms with E-state index in [9.17, 15) is 18.0 Å². The topological polar surface area (TPSA) is 121 Å². The summed E-state index contributed by atoms with van der Waals surface area (Å²) in [5.41, 5.74) is 1.31. The molecule has 4 rings (SSSR count). The number of hydrogen-bond acceptors (Lipinski definition) is 9. The molecule has 0 N–H and O–H groups in total. The van der Waals surface area contributed by atoms with E-state index in [0.29, 0.717) is 28.7 Å². The summed E-state index contributed by atoms with van der Waals surface area (Å²) >= 11 is 0. The van der Waals surface area contributed by atoms with Gasteiger partial charge in [-0.15, -0.1) is 0 Å². The first-order valence-electron chi connectivity index (χ1n) is 11.1. The van der Waals surface area contributed by atoms with Gasteiger partial charge in [-0.2, -0.15) is 8.42 Å². The lowest BCUT2D eigenvalue weighted by molar-refractivity contribution is -0.122. The summed E-state index contributed by atoms with van der Waals surface area (Å²) in [5, 5.41) is 0. The molecule has 0 aliphatic carbocycles. The SMILES string of the molecule is COc1ccc(CN2C(=O)[C@@H]3C[C@@H](OS(C)(=O)=O)CN3C(=O)c3cc(OC)c(OC)cc32)cc1OC. The van der Waals surface area contributed by atoms with Crippen molar-refractivity contribution in [1.29, 1.82) is 0 Å². The summed E-state index contributed by atoms with van der Waals surface area (Å²) in [6, 6.07) is 7.49. The third-order valence-corrected chi connectivity index (χ3v) is 6.82. The summed E-state index contributed by atoms with van der Waals surface area (Å²) in [6.45, 7) is 0.0667. The Morgan fingerprint density at radius 1 is 0.889 bits per heavy atom. The Morgan fingerprint density at radius 3 is 2.11 bits per heavy atom. The Kier molecular flexibility index (Phi) is 7.01. The van der Waals surface area contributed by atoms with E-state index in [-0.39, 0.29) is 31.0 Å². The van der Waals surface area contributed by atoms with Gasteiger partial charge in [0.2, 0.25) is 5.91 Å². The van der Waals surface area contributed by atoms with Crippen molar-refractivity contribution in [2.24, 2.45) is 0 Å². The van der Waals surface area contributed by atoms with Crippen molar-refractivity contribution in [2.75, 3.05) is 46.1 Å². The van der Waals surface area contributed by atoms with E-state index in [1.54, 1.807) is 24.3 Å². The second-order valence-electron chi connectivity index (χ2n) is 8.47. The van der Waals surface area contributed by atoms with Gasteiger partial charge in [0, 0.05) is 19.0 Å². The average Bonchev–Trinajstić information content (AvgIpc) is 3.24. The van der Waals surface area contributed by atoms with Gasteiger partial charge in [-0.25, -0.2) is 0 Å². The van der Waals surface area contributed by atoms with E-state index in [1.807, 2.05) is 0 Å². The smallest absolute Gasteiger partial charge is 0.264 e. The van der Waals surface area contributed by atoms with Crippen LogP contribution in [0, 0.1) is 0 Å². The first kappa shape index (κ1) is 25.6. The molecule has 0 bridgehead atoms. The fourth-order valence-electron chi connectivity index (χ4n) is 4.61. The normalized spacial score (nSPS) is 19.5. The van der Waals surface area contributed by atoms with Gasteiger partial charge in [0.15, 0.2) is 23.0 Å². The second kappa shape index (κ2) is 9.86. The highest BCUT2D eigenvalue weighted by Gasteiger charge is 2.47. The summed E-state index contributed by atoms with van der Waals surface area (Å²) in [7, 11) is 2.19. The maximum Gasteiger partial charge on any atom is 0.264 e. The third-order valence-electron chi connectivity index (χ3n) is 6.20. The zero-order valence-corrected chi connectivity index (χ0v) is 21.5. The maximum atomic E-state index is 13.9. The monoisotopic (exact) mass is 520 g/mol. The molecule has 36 heavy (non-hydrogen) atoms. The van der Waals surface area contributed by atoms with Crippen LogP contribution in [0.2, 0.25) is 0 Å². The molecule has 2 amide bonds. The molecule has 2 aromatic rings. The molecular weight excluding hydrogens is 492 g/mol. The van der Waals surface area contributed by atoms with Crippen LogP contribution in [0.5, 0.6) is 23.0 Å². The zero-order chi connectivity index (χ0) is 26.2. The molecule has 2 aromatic carbocycles. The lowest BCUT2D eigenvalue weighted by Crippen LogP contribution is -2.44. The first-order chi connectivity index (χ1) is 17.1. The van der Waals surface area contributed by atoms with E-state index in [1.165, 1.54) is 44.3 Å². The molecule has 0 unspecified atom stereocenters. The molecule has 2 aliphatic rings. The van der Waals surface area contributed by atoms with Crippen molar-refractivity contribution in [2.45, 2.75) is 25.1 Å². The van der Waals surface area contributed by atoms with E-state index in [2.05, 4.69) is 0 Å². The molecule has 194 valence electrons. The molecule has 1 saturated heterocycles. The number of ether oxygens (including phenoxy) is 4. The Balaban J connectivity index is 1.82. The average molecular weight is 521 g/mol. The van der Waals surface area contributed by atoms with E-state index < -0.39 is 28.2 Å². The largest absolute Gasteiger partial charge is 0.493 e. The number of nitrogens with zero attached hydrogens (tertiary/aromatic N) is 2. The van der Waals surface area contributed by atoms with Crippen LogP contribution in [-0.2, 0) is 25.6 Å². The number of carbonyl (C=O) groups is 2. The van der Waals surface area contributed by atoms with Crippen molar-refractivity contribution in [1.82, 2.24) is 4.90 Å². The second-order valence-corrected chi connectivity index (χ2v) is 10.1. The minimum Gasteiger partial charge on any atom is -0.493 e. The summed E-state index contributed by atoms with van der Waals surface area (Å²) < 4.78 is 50.1. The minimum absolute atomic E-state index is 0.0414. The number of rotatable bonds is 8. The molecule has 0 spiro atoms. The van der Waals surface area contributed by atoms with E-state index in [0.717, 1.165) is 11.8 Å². The van der Waals surface area contributed by atoms with Crippen molar-refractivity contribution in [3.63, 3.8) is 0 Å². The van der Waals surface area contributed by atoms with Gasteiger partial charge in [-0.05, 0) is 23.8 Å². The molecule has 2 aliphatic heterocycles. The summed E-state index contributed by atoms with van der Waals surface area (Å²) in [4.78, 5) is 30.4. The van der Waals surface area contributed by atoms with Crippen molar-refractivity contribution >= 4 is 27.6 Å². The number of hydrogen-bond donors (Lipinski definition) is 0. The van der Waals surface area contributed by atoms with Crippen LogP contribution in [0.4, 0.5) is 5.69 Å². The molecule has 0 saturated carbocycles. The van der Waals surface area contributed by atoms with Crippen LogP contribution in [0.3, 0.4) is 0 Å². The van der Waals surface area contributed by atoms with Crippen LogP contribution in [-0.4, -0.2) is 78.5 Å². The molecule has 2 heterocycles. The molecular formula is C24H28N2O9S. The lowest BCUT2D eigenvalue weighted by Gasteiger charge is -2.26. The van der Waals surface area contributed by atoms with E-state index >= 15 is 0 Å². The predicted molar refractivity (Wildman–Crippen MR) is 129 cm³/mol. The first-order valence-corrected chi connectivity index (χ1v) is 12.9. The van der Waals surface area contributed by atoms with Crippen molar-refractivity contribution in [3.05, 3.63) is 41.5 Å². The van der Waals surface area contributed by atoms with E-state index in [4.69, 9.17) is 23.1 Å². The highest BCUT2D eigenvalue weighted by Crippen LogP contribution is 2.41. The fourth-order valence-corrected chi connectivity index (χ4v) is 5.25. The number of fused-ring (bicyclic) bond motifs is 2. The van der Waals surface area contributed by atoms with Gasteiger partial charge in [0.25, 0.3) is 16.0 Å². The van der Waals surface area contributed by atoms with Crippen LogP contribution in [0.25, 0.3) is 0 Å². The zero-order valence-electron chi connectivity index (χ0n) is 20.6. The molecule has 0 aromatic heterocycles. The van der Waals surface area contributed by atoms with Crippen LogP contribution < -0.4 is 23.8 Å². The number of anilines is 1. The number of amides is 2. The fraction of sp³-hybridized carbons (Fsp3) is 0.417. The van der Waals surface area contributed by atoms with Gasteiger partial charge in [0.05, 0.1) is 58.6 Å².